The highest BCUT2D eigenvalue weighted by molar-refractivity contribution is 7.90. The highest BCUT2D eigenvalue weighted by Crippen LogP contribution is 2.30. The van der Waals surface area contributed by atoms with Gasteiger partial charge in [-0.05, 0) is 31.0 Å². The van der Waals surface area contributed by atoms with Crippen LogP contribution in [0.3, 0.4) is 0 Å². The van der Waals surface area contributed by atoms with Gasteiger partial charge in [0, 0.05) is 32.3 Å². The van der Waals surface area contributed by atoms with Gasteiger partial charge in [-0.2, -0.15) is 0 Å². The van der Waals surface area contributed by atoms with Crippen LogP contribution in [0.5, 0.6) is 11.5 Å². The fraction of sp³-hybridized carbons (Fsp3) is 0.588. The largest absolute Gasteiger partial charge is 0.490 e. The SMILES string of the molecule is CN=C(NCc1ccc2c(c1)OCCCO2)NC(C)CCS(C)(=O)=O. The zero-order valence-corrected chi connectivity index (χ0v) is 15.9. The number of hydrogen-bond acceptors (Lipinski definition) is 5. The second kappa shape index (κ2) is 8.94. The van der Waals surface area contributed by atoms with Gasteiger partial charge < -0.3 is 20.1 Å². The van der Waals surface area contributed by atoms with E-state index in [1.165, 1.54) is 6.26 Å². The van der Waals surface area contributed by atoms with Gasteiger partial charge in [-0.15, -0.1) is 0 Å². The van der Waals surface area contributed by atoms with E-state index in [9.17, 15) is 8.42 Å². The Bertz CT molecular complexity index is 704. The van der Waals surface area contributed by atoms with E-state index in [0.29, 0.717) is 32.1 Å². The van der Waals surface area contributed by atoms with Crippen molar-refractivity contribution < 1.29 is 17.9 Å². The Morgan fingerprint density at radius 2 is 2.00 bits per heavy atom. The summed E-state index contributed by atoms with van der Waals surface area (Å²) in [6.45, 7) is 3.85. The molecule has 0 saturated carbocycles. The molecule has 0 aromatic heterocycles. The maximum absolute atomic E-state index is 11.2. The standard InChI is InChI=1S/C17H27N3O4S/c1-13(7-10-25(3,21)22)20-17(18-2)19-12-14-5-6-15-16(11-14)24-9-4-8-23-15/h5-6,11,13H,4,7-10,12H2,1-3H3,(H2,18,19,20). The van der Waals surface area contributed by atoms with Gasteiger partial charge in [0.25, 0.3) is 0 Å². The molecule has 0 radical (unpaired) electrons. The maximum atomic E-state index is 11.2. The molecule has 0 spiro atoms. The summed E-state index contributed by atoms with van der Waals surface area (Å²) in [6.07, 6.45) is 2.66. The van der Waals surface area contributed by atoms with Crippen molar-refractivity contribution in [3.05, 3.63) is 23.8 Å². The lowest BCUT2D eigenvalue weighted by Gasteiger charge is -2.18. The quantitative estimate of drug-likeness (QED) is 0.581. The van der Waals surface area contributed by atoms with Crippen LogP contribution >= 0.6 is 0 Å². The molecule has 1 heterocycles. The van der Waals surface area contributed by atoms with E-state index in [2.05, 4.69) is 15.6 Å². The second-order valence-electron chi connectivity index (χ2n) is 6.22. The lowest BCUT2D eigenvalue weighted by atomic mass is 10.2. The number of nitrogens with one attached hydrogen (secondary N) is 2. The van der Waals surface area contributed by atoms with Crippen LogP contribution in [0, 0.1) is 0 Å². The molecule has 140 valence electrons. The van der Waals surface area contributed by atoms with E-state index >= 15 is 0 Å². The summed E-state index contributed by atoms with van der Waals surface area (Å²) < 4.78 is 33.8. The zero-order chi connectivity index (χ0) is 18.3. The van der Waals surface area contributed by atoms with E-state index in [-0.39, 0.29) is 11.8 Å². The first-order chi connectivity index (χ1) is 11.9. The fourth-order valence-corrected chi connectivity index (χ4v) is 3.18. The number of rotatable bonds is 6. The van der Waals surface area contributed by atoms with Gasteiger partial charge in [0.05, 0.1) is 19.0 Å². The van der Waals surface area contributed by atoms with E-state index < -0.39 is 9.84 Å². The molecular weight excluding hydrogens is 342 g/mol. The lowest BCUT2D eigenvalue weighted by Crippen LogP contribution is -2.42. The molecule has 1 unspecified atom stereocenters. The third kappa shape index (κ3) is 6.81. The topological polar surface area (TPSA) is 89.0 Å². The predicted octanol–water partition coefficient (Wildman–Crippen LogP) is 1.34. The smallest absolute Gasteiger partial charge is 0.191 e. The molecule has 1 aliphatic rings. The van der Waals surface area contributed by atoms with Crippen LogP contribution in [0.25, 0.3) is 0 Å². The molecule has 1 aromatic carbocycles. The molecule has 25 heavy (non-hydrogen) atoms. The summed E-state index contributed by atoms with van der Waals surface area (Å²) in [5, 5.41) is 6.43. The molecule has 7 nitrogen and oxygen atoms in total. The molecule has 0 amide bonds. The van der Waals surface area contributed by atoms with E-state index in [1.807, 2.05) is 25.1 Å². The third-order valence-corrected chi connectivity index (χ3v) is 4.78. The number of nitrogens with zero attached hydrogens (tertiary/aromatic N) is 1. The molecule has 0 bridgehead atoms. The van der Waals surface area contributed by atoms with Crippen molar-refractivity contribution in [2.45, 2.75) is 32.4 Å². The molecule has 0 aliphatic carbocycles. The Labute approximate surface area is 149 Å². The number of hydrogen-bond donors (Lipinski definition) is 2. The van der Waals surface area contributed by atoms with Gasteiger partial charge in [-0.3, -0.25) is 4.99 Å². The van der Waals surface area contributed by atoms with Gasteiger partial charge in [0.1, 0.15) is 9.84 Å². The number of fused-ring (bicyclic) bond motifs is 1. The molecule has 2 N–H and O–H groups in total. The van der Waals surface area contributed by atoms with E-state index in [4.69, 9.17) is 9.47 Å². The van der Waals surface area contributed by atoms with Crippen molar-refractivity contribution in [1.82, 2.24) is 10.6 Å². The minimum atomic E-state index is -2.95. The molecule has 1 aliphatic heterocycles. The number of aliphatic imine (C=N–C) groups is 1. The Morgan fingerprint density at radius 1 is 1.28 bits per heavy atom. The number of guanidine groups is 1. The summed E-state index contributed by atoms with van der Waals surface area (Å²) in [5.74, 6) is 2.33. The summed E-state index contributed by atoms with van der Waals surface area (Å²) in [7, 11) is -1.27. The summed E-state index contributed by atoms with van der Waals surface area (Å²) >= 11 is 0. The van der Waals surface area contributed by atoms with Gasteiger partial charge in [0.15, 0.2) is 17.5 Å². The van der Waals surface area contributed by atoms with Gasteiger partial charge >= 0.3 is 0 Å². The Hall–Kier alpha value is -1.96. The maximum Gasteiger partial charge on any atom is 0.191 e. The summed E-state index contributed by atoms with van der Waals surface area (Å²) in [5.41, 5.74) is 1.05. The highest BCUT2D eigenvalue weighted by Gasteiger charge is 2.12. The number of sulfone groups is 1. The lowest BCUT2D eigenvalue weighted by molar-refractivity contribution is 0.297. The molecule has 2 rings (SSSR count). The van der Waals surface area contributed by atoms with Crippen LogP contribution in [-0.2, 0) is 16.4 Å². The fourth-order valence-electron chi connectivity index (χ4n) is 2.39. The van der Waals surface area contributed by atoms with Crippen LogP contribution in [0.2, 0.25) is 0 Å². The molecule has 0 saturated heterocycles. The number of ether oxygens (including phenoxy) is 2. The Morgan fingerprint density at radius 3 is 2.68 bits per heavy atom. The summed E-state index contributed by atoms with van der Waals surface area (Å²) in [6, 6.07) is 5.88. The van der Waals surface area contributed by atoms with Crippen LogP contribution < -0.4 is 20.1 Å². The van der Waals surface area contributed by atoms with Crippen LogP contribution in [0.15, 0.2) is 23.2 Å². The molecule has 1 atom stereocenters. The molecule has 0 fully saturated rings. The number of benzene rings is 1. The van der Waals surface area contributed by atoms with Crippen molar-refractivity contribution >= 4 is 15.8 Å². The highest BCUT2D eigenvalue weighted by atomic mass is 32.2. The normalized spacial score (nSPS) is 16.0. The average molecular weight is 369 g/mol. The Kier molecular flexibility index (Phi) is 6.92. The predicted molar refractivity (Wildman–Crippen MR) is 99.2 cm³/mol. The first-order valence-electron chi connectivity index (χ1n) is 8.41. The second-order valence-corrected chi connectivity index (χ2v) is 8.48. The van der Waals surface area contributed by atoms with Gasteiger partial charge in [-0.1, -0.05) is 6.07 Å². The third-order valence-electron chi connectivity index (χ3n) is 3.80. The summed E-state index contributed by atoms with van der Waals surface area (Å²) in [4.78, 5) is 4.18. The molecule has 1 aromatic rings. The van der Waals surface area contributed by atoms with Gasteiger partial charge in [0.2, 0.25) is 0 Å². The van der Waals surface area contributed by atoms with Crippen LogP contribution in [0.4, 0.5) is 0 Å². The monoisotopic (exact) mass is 369 g/mol. The van der Waals surface area contributed by atoms with Crippen molar-refractivity contribution in [2.75, 3.05) is 32.3 Å². The van der Waals surface area contributed by atoms with E-state index in [1.54, 1.807) is 7.05 Å². The van der Waals surface area contributed by atoms with E-state index in [0.717, 1.165) is 23.5 Å². The Balaban J connectivity index is 1.87. The average Bonchev–Trinajstić information content (AvgIpc) is 2.81. The molecular formula is C17H27N3O4S. The van der Waals surface area contributed by atoms with Crippen molar-refractivity contribution in [2.24, 2.45) is 4.99 Å². The van der Waals surface area contributed by atoms with Crippen LogP contribution in [-0.4, -0.2) is 52.7 Å². The minimum absolute atomic E-state index is 0.00436. The van der Waals surface area contributed by atoms with Gasteiger partial charge in [-0.25, -0.2) is 8.42 Å². The first-order valence-corrected chi connectivity index (χ1v) is 10.5. The van der Waals surface area contributed by atoms with Crippen molar-refractivity contribution in [3.63, 3.8) is 0 Å². The van der Waals surface area contributed by atoms with Crippen molar-refractivity contribution in [1.29, 1.82) is 0 Å². The molecule has 8 heteroatoms. The van der Waals surface area contributed by atoms with Crippen LogP contribution in [0.1, 0.15) is 25.3 Å². The zero-order valence-electron chi connectivity index (χ0n) is 15.0. The van der Waals surface area contributed by atoms with Crippen molar-refractivity contribution in [3.8, 4) is 11.5 Å². The minimum Gasteiger partial charge on any atom is -0.490 e. The first kappa shape index (κ1) is 19.4.